The standard InChI is InChI=1S/C12H19.2ClH.Hf/c1-9(2)7-11-5-6-12(8-11)10(3)4;;;/h8-10H,5,7H2,1-4H3;2*1H;/q-1;;;. The summed E-state index contributed by atoms with van der Waals surface area (Å²) in [6.07, 6.45) is 8.09. The zero-order valence-electron chi connectivity index (χ0n) is 9.96. The molecule has 0 amide bonds. The third-order valence-electron chi connectivity index (χ3n) is 2.17. The summed E-state index contributed by atoms with van der Waals surface area (Å²) >= 11 is 0. The molecule has 15 heavy (non-hydrogen) atoms. The fourth-order valence-corrected chi connectivity index (χ4v) is 1.56. The van der Waals surface area contributed by atoms with Crippen LogP contribution >= 0.6 is 24.8 Å². The van der Waals surface area contributed by atoms with Crippen molar-refractivity contribution in [3.8, 4) is 0 Å². The van der Waals surface area contributed by atoms with Gasteiger partial charge in [0, 0.05) is 25.8 Å². The van der Waals surface area contributed by atoms with Crippen molar-refractivity contribution in [1.29, 1.82) is 0 Å². The number of allylic oxidation sites excluding steroid dienone is 4. The topological polar surface area (TPSA) is 0 Å². The second-order valence-electron chi connectivity index (χ2n) is 4.36. The summed E-state index contributed by atoms with van der Waals surface area (Å²) in [6.45, 7) is 9.01. The zero-order chi connectivity index (χ0) is 9.14. The van der Waals surface area contributed by atoms with Crippen molar-refractivity contribution in [2.45, 2.75) is 40.5 Å². The fraction of sp³-hybridized carbons (Fsp3) is 0.667. The normalized spacial score (nSPS) is 13.7. The minimum atomic E-state index is 0. The SMILES string of the molecule is CC(C)CC1=CC(C(C)C)=[C-]C1.Cl.Cl.[Hf]. The van der Waals surface area contributed by atoms with E-state index in [1.165, 1.54) is 12.0 Å². The van der Waals surface area contributed by atoms with E-state index in [4.69, 9.17) is 0 Å². The molecule has 0 N–H and O–H groups in total. The average Bonchev–Trinajstić information content (AvgIpc) is 2.34. The Morgan fingerprint density at radius 1 is 1.20 bits per heavy atom. The molecular weight excluding hydrogens is 394 g/mol. The smallest absolute Gasteiger partial charge is 0 e. The van der Waals surface area contributed by atoms with Gasteiger partial charge in [-0.2, -0.15) is 5.57 Å². The van der Waals surface area contributed by atoms with Crippen molar-refractivity contribution in [2.24, 2.45) is 11.8 Å². The van der Waals surface area contributed by atoms with Gasteiger partial charge < -0.3 is 0 Å². The molecule has 0 aliphatic heterocycles. The minimum absolute atomic E-state index is 0. The van der Waals surface area contributed by atoms with E-state index in [-0.39, 0.29) is 50.7 Å². The Bertz CT molecular complexity index is 218. The largest absolute Gasteiger partial charge is 0.269 e. The van der Waals surface area contributed by atoms with Crippen molar-refractivity contribution in [2.75, 3.05) is 0 Å². The maximum atomic E-state index is 3.44. The van der Waals surface area contributed by atoms with E-state index in [2.05, 4.69) is 39.8 Å². The van der Waals surface area contributed by atoms with Crippen LogP contribution in [0.1, 0.15) is 40.5 Å². The number of hydrogen-bond donors (Lipinski definition) is 0. The van der Waals surface area contributed by atoms with Crippen LogP contribution in [-0.2, 0) is 25.8 Å². The van der Waals surface area contributed by atoms with Crippen molar-refractivity contribution < 1.29 is 25.8 Å². The second-order valence-corrected chi connectivity index (χ2v) is 4.36. The zero-order valence-corrected chi connectivity index (χ0v) is 15.2. The molecule has 0 saturated carbocycles. The first-order valence-electron chi connectivity index (χ1n) is 4.89. The third kappa shape index (κ3) is 7.76. The number of rotatable bonds is 3. The Balaban J connectivity index is -0.000000480. The van der Waals surface area contributed by atoms with Gasteiger partial charge in [-0.25, -0.2) is 11.6 Å². The van der Waals surface area contributed by atoms with E-state index in [0.29, 0.717) is 5.92 Å². The predicted octanol–water partition coefficient (Wildman–Crippen LogP) is 4.59. The van der Waals surface area contributed by atoms with Crippen LogP contribution in [0, 0.1) is 17.9 Å². The number of hydrogen-bond acceptors (Lipinski definition) is 0. The van der Waals surface area contributed by atoms with Gasteiger partial charge in [0.25, 0.3) is 0 Å². The molecule has 0 unspecified atom stereocenters. The maximum absolute atomic E-state index is 3.44. The van der Waals surface area contributed by atoms with Crippen LogP contribution < -0.4 is 0 Å². The molecule has 0 atom stereocenters. The van der Waals surface area contributed by atoms with Crippen molar-refractivity contribution in [3.05, 3.63) is 23.3 Å². The Morgan fingerprint density at radius 3 is 2.07 bits per heavy atom. The molecule has 0 radical (unpaired) electrons. The molecular formula is C12H21Cl2Hf-. The van der Waals surface area contributed by atoms with Gasteiger partial charge in [0.05, 0.1) is 0 Å². The first-order valence-corrected chi connectivity index (χ1v) is 4.89. The molecule has 3 heteroatoms. The summed E-state index contributed by atoms with van der Waals surface area (Å²) in [6, 6.07) is 0. The summed E-state index contributed by atoms with van der Waals surface area (Å²) in [4.78, 5) is 0. The predicted molar refractivity (Wildman–Crippen MR) is 68.2 cm³/mol. The van der Waals surface area contributed by atoms with Crippen LogP contribution in [-0.4, -0.2) is 0 Å². The van der Waals surface area contributed by atoms with Crippen LogP contribution in [0.15, 0.2) is 17.2 Å². The fourth-order valence-electron chi connectivity index (χ4n) is 1.56. The average molecular weight is 415 g/mol. The third-order valence-corrected chi connectivity index (χ3v) is 2.17. The van der Waals surface area contributed by atoms with Gasteiger partial charge in [0.1, 0.15) is 0 Å². The molecule has 0 fully saturated rings. The molecule has 0 nitrogen and oxygen atoms in total. The molecule has 88 valence electrons. The molecule has 0 aromatic carbocycles. The summed E-state index contributed by atoms with van der Waals surface area (Å²) in [5.74, 6) is 1.43. The Hall–Kier alpha value is 0.930. The summed E-state index contributed by atoms with van der Waals surface area (Å²) in [5, 5.41) is 0. The molecule has 0 spiro atoms. The van der Waals surface area contributed by atoms with Crippen LogP contribution in [0.4, 0.5) is 0 Å². The molecule has 1 aliphatic carbocycles. The quantitative estimate of drug-likeness (QED) is 0.468. The Morgan fingerprint density at radius 2 is 1.73 bits per heavy atom. The Labute approximate surface area is 126 Å². The molecule has 0 aromatic heterocycles. The minimum Gasteiger partial charge on any atom is -0.269 e. The van der Waals surface area contributed by atoms with E-state index in [1.807, 2.05) is 0 Å². The van der Waals surface area contributed by atoms with Gasteiger partial charge in [0.15, 0.2) is 0 Å². The molecule has 0 aromatic rings. The summed E-state index contributed by atoms with van der Waals surface area (Å²) in [5.41, 5.74) is 2.97. The molecule has 0 heterocycles. The van der Waals surface area contributed by atoms with Gasteiger partial charge in [0.2, 0.25) is 0 Å². The van der Waals surface area contributed by atoms with Gasteiger partial charge in [-0.1, -0.05) is 33.6 Å². The van der Waals surface area contributed by atoms with Crippen molar-refractivity contribution in [1.82, 2.24) is 0 Å². The summed E-state index contributed by atoms with van der Waals surface area (Å²) < 4.78 is 0. The van der Waals surface area contributed by atoms with Gasteiger partial charge in [-0.15, -0.1) is 31.2 Å². The molecule has 0 saturated heterocycles. The second kappa shape index (κ2) is 10.1. The van der Waals surface area contributed by atoms with Crippen LogP contribution in [0.3, 0.4) is 0 Å². The van der Waals surface area contributed by atoms with E-state index in [0.717, 1.165) is 12.3 Å². The monoisotopic (exact) mass is 415 g/mol. The first-order chi connectivity index (χ1) is 5.59. The van der Waals surface area contributed by atoms with E-state index >= 15 is 0 Å². The van der Waals surface area contributed by atoms with Crippen LogP contribution in [0.5, 0.6) is 0 Å². The van der Waals surface area contributed by atoms with Gasteiger partial charge in [-0.05, 0) is 12.3 Å². The van der Waals surface area contributed by atoms with Gasteiger partial charge in [-0.3, -0.25) is 6.08 Å². The first kappa shape index (κ1) is 21.2. The van der Waals surface area contributed by atoms with Gasteiger partial charge >= 0.3 is 0 Å². The van der Waals surface area contributed by atoms with Crippen LogP contribution in [0.25, 0.3) is 0 Å². The summed E-state index contributed by atoms with van der Waals surface area (Å²) in [7, 11) is 0. The molecule has 0 bridgehead atoms. The molecule has 1 aliphatic rings. The maximum Gasteiger partial charge on any atom is 0 e. The van der Waals surface area contributed by atoms with Crippen LogP contribution in [0.2, 0.25) is 0 Å². The van der Waals surface area contributed by atoms with E-state index in [1.54, 1.807) is 5.57 Å². The Kier molecular flexibility index (Phi) is 14.3. The molecule has 1 rings (SSSR count). The van der Waals surface area contributed by atoms with E-state index < -0.39 is 0 Å². The van der Waals surface area contributed by atoms with Crippen molar-refractivity contribution in [3.63, 3.8) is 0 Å². The van der Waals surface area contributed by atoms with Crippen molar-refractivity contribution >= 4 is 24.8 Å². The number of halogens is 2. The van der Waals surface area contributed by atoms with E-state index in [9.17, 15) is 0 Å².